The molecule has 0 N–H and O–H groups in total. The minimum Gasteiger partial charge on any atom is -0.372 e. The van der Waals surface area contributed by atoms with E-state index in [1.165, 1.54) is 18.4 Å². The fraction of sp³-hybridized carbons (Fsp3) is 0.381. The maximum atomic E-state index is 6.26. The summed E-state index contributed by atoms with van der Waals surface area (Å²) in [7, 11) is 0. The molecule has 0 spiro atoms. The minimum atomic E-state index is 0.346. The van der Waals surface area contributed by atoms with Crippen LogP contribution in [0.3, 0.4) is 0 Å². The maximum absolute atomic E-state index is 6.26. The van der Waals surface area contributed by atoms with Gasteiger partial charge in [-0.1, -0.05) is 30.3 Å². The summed E-state index contributed by atoms with van der Waals surface area (Å²) in [5.41, 5.74) is 4.71. The zero-order chi connectivity index (χ0) is 17.2. The van der Waals surface area contributed by atoms with E-state index in [2.05, 4.69) is 69.6 Å². The lowest BCUT2D eigenvalue weighted by Gasteiger charge is -2.29. The molecule has 2 heterocycles. The third-order valence-corrected chi connectivity index (χ3v) is 5.91. The van der Waals surface area contributed by atoms with E-state index in [1.807, 2.05) is 11.4 Å². The lowest BCUT2D eigenvalue weighted by atomic mass is 9.83. The van der Waals surface area contributed by atoms with E-state index in [1.54, 1.807) is 0 Å². The molecular weight excluding hydrogens is 376 g/mol. The highest BCUT2D eigenvalue weighted by Gasteiger charge is 2.23. The van der Waals surface area contributed by atoms with Crippen molar-refractivity contribution in [1.29, 1.82) is 0 Å². The van der Waals surface area contributed by atoms with Gasteiger partial charge in [0.05, 0.1) is 29.6 Å². The second-order valence-corrected chi connectivity index (χ2v) is 7.80. The molecule has 1 aliphatic carbocycles. The fourth-order valence-corrected chi connectivity index (χ4v) is 4.24. The summed E-state index contributed by atoms with van der Waals surface area (Å²) in [6.45, 7) is 2.62. The Morgan fingerprint density at radius 3 is 2.60 bits per heavy atom. The highest BCUT2D eigenvalue weighted by atomic mass is 79.9. The first-order valence-corrected chi connectivity index (χ1v) is 9.80. The third kappa shape index (κ3) is 3.65. The number of benzene rings is 1. The van der Waals surface area contributed by atoms with E-state index < -0.39 is 0 Å². The van der Waals surface area contributed by atoms with Crippen LogP contribution in [0.1, 0.15) is 48.6 Å². The van der Waals surface area contributed by atoms with Gasteiger partial charge in [0.2, 0.25) is 0 Å². The number of hydrogen-bond acceptors (Lipinski definition) is 2. The van der Waals surface area contributed by atoms with E-state index in [-0.39, 0.29) is 0 Å². The number of fused-ring (bicyclic) bond motifs is 1. The summed E-state index contributed by atoms with van der Waals surface area (Å²) < 4.78 is 9.31. The molecular formula is C21H23BrN2O. The van der Waals surface area contributed by atoms with E-state index in [0.717, 1.165) is 34.2 Å². The van der Waals surface area contributed by atoms with Crippen molar-refractivity contribution in [3.8, 4) is 0 Å². The number of hydrogen-bond donors (Lipinski definition) is 0. The topological polar surface area (TPSA) is 26.5 Å². The maximum Gasteiger partial charge on any atom is 0.0903 e. The van der Waals surface area contributed by atoms with Crippen molar-refractivity contribution in [2.75, 3.05) is 0 Å². The summed E-state index contributed by atoms with van der Waals surface area (Å²) >= 11 is 3.65. The Labute approximate surface area is 157 Å². The van der Waals surface area contributed by atoms with Crippen LogP contribution in [0.15, 0.2) is 53.0 Å². The Bertz CT molecular complexity index is 851. The molecule has 1 aliphatic rings. The molecule has 2 aromatic heterocycles. The normalized spacial score (nSPS) is 20.9. The Morgan fingerprint density at radius 1 is 1.08 bits per heavy atom. The van der Waals surface area contributed by atoms with Gasteiger partial charge in [-0.05, 0) is 78.2 Å². The minimum absolute atomic E-state index is 0.346. The number of rotatable bonds is 4. The van der Waals surface area contributed by atoms with Crippen LogP contribution in [0, 0.1) is 6.92 Å². The molecule has 0 unspecified atom stereocenters. The van der Waals surface area contributed by atoms with Crippen LogP contribution in [-0.2, 0) is 11.3 Å². The molecule has 0 amide bonds. The van der Waals surface area contributed by atoms with Gasteiger partial charge in [-0.25, -0.2) is 4.52 Å². The molecule has 25 heavy (non-hydrogen) atoms. The lowest BCUT2D eigenvalue weighted by molar-refractivity contribution is 0.0107. The molecule has 0 bridgehead atoms. The summed E-state index contributed by atoms with van der Waals surface area (Å²) in [5, 5.41) is 4.60. The number of pyridine rings is 1. The number of halogens is 1. The molecule has 0 atom stereocenters. The number of aromatic nitrogens is 2. The molecule has 1 fully saturated rings. The van der Waals surface area contributed by atoms with E-state index in [4.69, 9.17) is 4.74 Å². The third-order valence-electron chi connectivity index (χ3n) is 5.19. The first kappa shape index (κ1) is 16.8. The second kappa shape index (κ2) is 7.30. The van der Waals surface area contributed by atoms with Crippen LogP contribution < -0.4 is 0 Å². The van der Waals surface area contributed by atoms with Gasteiger partial charge in [0.15, 0.2) is 0 Å². The molecule has 4 heteroatoms. The Balaban J connectivity index is 1.39. The molecule has 0 saturated heterocycles. The Morgan fingerprint density at radius 2 is 1.84 bits per heavy atom. The lowest BCUT2D eigenvalue weighted by Crippen LogP contribution is -2.21. The van der Waals surface area contributed by atoms with E-state index >= 15 is 0 Å². The smallest absolute Gasteiger partial charge is 0.0903 e. The summed E-state index contributed by atoms with van der Waals surface area (Å²) in [5.74, 6) is 0.685. The standard InChI is InChI=1S/C21H23BrN2O/c1-15-13-18-9-12-20(22)21(24(18)23-15)14-25-19-10-7-17(8-11-19)16-5-3-2-4-6-16/h2-6,9,12-13,17,19H,7-8,10-11,14H2,1H3/t17-,19+. The van der Waals surface area contributed by atoms with Crippen molar-refractivity contribution in [2.24, 2.45) is 0 Å². The Kier molecular flexibility index (Phi) is 4.91. The summed E-state index contributed by atoms with van der Waals surface area (Å²) in [6.07, 6.45) is 5.03. The van der Waals surface area contributed by atoms with Crippen LogP contribution in [0.4, 0.5) is 0 Å². The Hall–Kier alpha value is -1.65. The average Bonchev–Trinajstić information content (AvgIpc) is 3.03. The van der Waals surface area contributed by atoms with Crippen molar-refractivity contribution in [3.63, 3.8) is 0 Å². The largest absolute Gasteiger partial charge is 0.372 e. The SMILES string of the molecule is Cc1cc2ccc(Br)c(CO[C@H]3CC[C@@H](c4ccccc4)CC3)n2n1. The van der Waals surface area contributed by atoms with Crippen molar-refractivity contribution in [3.05, 3.63) is 70.0 Å². The highest BCUT2D eigenvalue weighted by Crippen LogP contribution is 2.34. The van der Waals surface area contributed by atoms with E-state index in [9.17, 15) is 0 Å². The molecule has 4 rings (SSSR count). The zero-order valence-electron chi connectivity index (χ0n) is 14.5. The number of nitrogens with zero attached hydrogens (tertiary/aromatic N) is 2. The van der Waals surface area contributed by atoms with Gasteiger partial charge < -0.3 is 4.74 Å². The van der Waals surface area contributed by atoms with Gasteiger partial charge in [-0.2, -0.15) is 5.10 Å². The molecule has 0 radical (unpaired) electrons. The van der Waals surface area contributed by atoms with Gasteiger partial charge in [-0.3, -0.25) is 0 Å². The molecule has 1 aromatic carbocycles. The van der Waals surface area contributed by atoms with E-state index in [0.29, 0.717) is 18.6 Å². The van der Waals surface area contributed by atoms with Crippen LogP contribution >= 0.6 is 15.9 Å². The van der Waals surface area contributed by atoms with Crippen LogP contribution in [0.25, 0.3) is 5.52 Å². The predicted octanol–water partition coefficient (Wildman–Crippen LogP) is 5.65. The van der Waals surface area contributed by atoms with Gasteiger partial charge in [-0.15, -0.1) is 0 Å². The molecule has 1 saturated carbocycles. The van der Waals surface area contributed by atoms with Crippen LogP contribution in [0.2, 0.25) is 0 Å². The summed E-state index contributed by atoms with van der Waals surface area (Å²) in [6, 6.07) is 17.1. The summed E-state index contributed by atoms with van der Waals surface area (Å²) in [4.78, 5) is 0. The van der Waals surface area contributed by atoms with Gasteiger partial charge >= 0.3 is 0 Å². The van der Waals surface area contributed by atoms with Crippen LogP contribution in [-0.4, -0.2) is 15.7 Å². The first-order chi connectivity index (χ1) is 12.2. The first-order valence-electron chi connectivity index (χ1n) is 9.01. The molecule has 0 aliphatic heterocycles. The molecule has 3 nitrogen and oxygen atoms in total. The fourth-order valence-electron chi connectivity index (χ4n) is 3.83. The predicted molar refractivity (Wildman–Crippen MR) is 104 cm³/mol. The zero-order valence-corrected chi connectivity index (χ0v) is 16.1. The average molecular weight is 399 g/mol. The molecule has 130 valence electrons. The van der Waals surface area contributed by atoms with Gasteiger partial charge in [0.25, 0.3) is 0 Å². The van der Waals surface area contributed by atoms with Gasteiger partial charge in [0, 0.05) is 4.47 Å². The van der Waals surface area contributed by atoms with Crippen molar-refractivity contribution in [2.45, 2.75) is 51.2 Å². The van der Waals surface area contributed by atoms with Crippen molar-refractivity contribution < 1.29 is 4.74 Å². The molecule has 3 aromatic rings. The number of aryl methyl sites for hydroxylation is 1. The van der Waals surface area contributed by atoms with Crippen molar-refractivity contribution in [1.82, 2.24) is 9.61 Å². The van der Waals surface area contributed by atoms with Crippen molar-refractivity contribution >= 4 is 21.4 Å². The van der Waals surface area contributed by atoms with Crippen LogP contribution in [0.5, 0.6) is 0 Å². The monoisotopic (exact) mass is 398 g/mol. The van der Waals surface area contributed by atoms with Gasteiger partial charge in [0.1, 0.15) is 0 Å². The number of ether oxygens (including phenoxy) is 1. The highest BCUT2D eigenvalue weighted by molar-refractivity contribution is 9.10. The second-order valence-electron chi connectivity index (χ2n) is 6.95. The quantitative estimate of drug-likeness (QED) is 0.567.